The molecule has 1 rings (SSSR count). The molecule has 0 aromatic carbocycles. The zero-order valence-electron chi connectivity index (χ0n) is 6.71. The van der Waals surface area contributed by atoms with Crippen molar-refractivity contribution in [1.82, 2.24) is 9.71 Å². The van der Waals surface area contributed by atoms with Gasteiger partial charge in [0.25, 0.3) is 0 Å². The summed E-state index contributed by atoms with van der Waals surface area (Å²) in [5.41, 5.74) is 0. The number of hydrogen-bond donors (Lipinski definition) is 0. The maximum atomic E-state index is 9.90. The second-order valence-electron chi connectivity index (χ2n) is 1.45. The second kappa shape index (κ2) is 6.59. The molecule has 0 aliphatic heterocycles. The van der Waals surface area contributed by atoms with Gasteiger partial charge in [0.2, 0.25) is 0 Å². The summed E-state index contributed by atoms with van der Waals surface area (Å²) in [6.45, 7) is 0. The summed E-state index contributed by atoms with van der Waals surface area (Å²) in [7, 11) is -4.93. The third kappa shape index (κ3) is 6.65. The van der Waals surface area contributed by atoms with E-state index >= 15 is 0 Å². The Morgan fingerprint density at radius 2 is 2.00 bits per heavy atom. The first-order chi connectivity index (χ1) is 4.58. The van der Waals surface area contributed by atoms with E-state index in [0.717, 1.165) is 6.33 Å². The Morgan fingerprint density at radius 1 is 1.42 bits per heavy atom. The molecule has 0 amide bonds. The average molecular weight is 208 g/mol. The van der Waals surface area contributed by atoms with E-state index in [1.54, 1.807) is 0 Å². The fraction of sp³-hybridized carbons (Fsp3) is 0. The third-order valence-electron chi connectivity index (χ3n) is 0.674. The van der Waals surface area contributed by atoms with Crippen LogP contribution in [-0.2, 0) is 4.57 Å². The van der Waals surface area contributed by atoms with Gasteiger partial charge in [-0.25, -0.2) is 4.98 Å². The smallest absolute Gasteiger partial charge is 0.778 e. The molecule has 0 aliphatic carbocycles. The van der Waals surface area contributed by atoms with Crippen molar-refractivity contribution in [3.05, 3.63) is 18.7 Å². The summed E-state index contributed by atoms with van der Waals surface area (Å²) in [5, 5.41) is 0. The summed E-state index contributed by atoms with van der Waals surface area (Å²) >= 11 is 0. The van der Waals surface area contributed by atoms with Gasteiger partial charge in [-0.3, -0.25) is 0 Å². The number of aromatic nitrogens is 2. The van der Waals surface area contributed by atoms with Gasteiger partial charge in [-0.2, -0.15) is 4.73 Å². The molecule has 0 bridgehead atoms. The van der Waals surface area contributed by atoms with Crippen LogP contribution < -0.4 is 73.5 Å². The standard InChI is InChI=1S/C3H5N2O4P.2Na/c6-10(7,8)9-5-2-1-4-3-5;;/h1-3H,(H2,6,7,8);;/q;2*+1/p-2. The van der Waals surface area contributed by atoms with Gasteiger partial charge in [0.15, 0.2) is 0 Å². The van der Waals surface area contributed by atoms with Crippen LogP contribution in [0, 0.1) is 0 Å². The van der Waals surface area contributed by atoms with Gasteiger partial charge in [0.05, 0.1) is 6.20 Å². The molecule has 12 heavy (non-hydrogen) atoms. The minimum Gasteiger partial charge on any atom is -0.778 e. The van der Waals surface area contributed by atoms with Crippen LogP contribution in [0.5, 0.6) is 0 Å². The van der Waals surface area contributed by atoms with Gasteiger partial charge < -0.3 is 19.0 Å². The van der Waals surface area contributed by atoms with Crippen molar-refractivity contribution in [2.24, 2.45) is 0 Å². The van der Waals surface area contributed by atoms with Crippen molar-refractivity contribution in [3.63, 3.8) is 0 Å². The van der Waals surface area contributed by atoms with E-state index in [9.17, 15) is 14.4 Å². The van der Waals surface area contributed by atoms with Crippen LogP contribution in [-0.4, -0.2) is 9.71 Å². The second-order valence-corrected chi connectivity index (χ2v) is 2.51. The van der Waals surface area contributed by atoms with Crippen molar-refractivity contribution < 1.29 is 78.1 Å². The number of rotatable bonds is 2. The molecule has 6 nitrogen and oxygen atoms in total. The van der Waals surface area contributed by atoms with Crippen molar-refractivity contribution in [2.75, 3.05) is 0 Å². The monoisotopic (exact) mass is 208 g/mol. The summed E-state index contributed by atoms with van der Waals surface area (Å²) in [5.74, 6) is 0. The third-order valence-corrected chi connectivity index (χ3v) is 1.06. The van der Waals surface area contributed by atoms with Gasteiger partial charge in [0, 0.05) is 6.20 Å². The van der Waals surface area contributed by atoms with E-state index in [4.69, 9.17) is 0 Å². The summed E-state index contributed by atoms with van der Waals surface area (Å²) in [6.07, 6.45) is 3.54. The first-order valence-electron chi connectivity index (χ1n) is 2.28. The predicted molar refractivity (Wildman–Crippen MR) is 26.4 cm³/mol. The summed E-state index contributed by atoms with van der Waals surface area (Å²) < 4.78 is 14.4. The molecule has 0 saturated heterocycles. The topological polar surface area (TPSA) is 90.2 Å². The zero-order chi connectivity index (χ0) is 7.61. The van der Waals surface area contributed by atoms with Crippen molar-refractivity contribution in [1.29, 1.82) is 0 Å². The number of hydrogen-bond acceptors (Lipinski definition) is 5. The molecule has 0 aliphatic rings. The van der Waals surface area contributed by atoms with Gasteiger partial charge in [0.1, 0.15) is 14.2 Å². The van der Waals surface area contributed by atoms with E-state index in [0.29, 0.717) is 4.73 Å². The molecule has 0 atom stereocenters. The number of nitrogens with zero attached hydrogens (tertiary/aromatic N) is 2. The Morgan fingerprint density at radius 3 is 2.33 bits per heavy atom. The Hall–Kier alpha value is 1.16. The Kier molecular flexibility index (Phi) is 8.58. The first kappa shape index (κ1) is 15.6. The summed E-state index contributed by atoms with van der Waals surface area (Å²) in [4.78, 5) is 23.2. The molecule has 0 N–H and O–H groups in total. The molecule has 1 aromatic heterocycles. The van der Waals surface area contributed by atoms with Crippen LogP contribution in [0.3, 0.4) is 0 Å². The fourth-order valence-corrected chi connectivity index (χ4v) is 0.738. The fourth-order valence-electron chi connectivity index (χ4n) is 0.411. The van der Waals surface area contributed by atoms with E-state index in [-0.39, 0.29) is 59.1 Å². The number of phosphoric acid groups is 1. The molecule has 9 heteroatoms. The first-order valence-corrected chi connectivity index (χ1v) is 3.74. The predicted octanol–water partition coefficient (Wildman–Crippen LogP) is -7.85. The Balaban J connectivity index is 0. The van der Waals surface area contributed by atoms with E-state index in [1.165, 1.54) is 12.4 Å². The SMILES string of the molecule is O=P([O-])([O-])On1ccnc1.[Na+].[Na+]. The maximum absolute atomic E-state index is 9.90. The average Bonchev–Trinajstić information content (AvgIpc) is 2.12. The molecule has 0 spiro atoms. The number of imidazole rings is 1. The molecule has 56 valence electrons. The van der Waals surface area contributed by atoms with Crippen LogP contribution in [0.25, 0.3) is 0 Å². The van der Waals surface area contributed by atoms with Crippen molar-refractivity contribution in [3.8, 4) is 0 Å². The van der Waals surface area contributed by atoms with Gasteiger partial charge in [-0.1, -0.05) is 0 Å². The molecular weight excluding hydrogens is 205 g/mol. The van der Waals surface area contributed by atoms with Crippen molar-refractivity contribution >= 4 is 7.82 Å². The van der Waals surface area contributed by atoms with Crippen LogP contribution in [0.15, 0.2) is 18.7 Å². The van der Waals surface area contributed by atoms with Gasteiger partial charge in [-0.15, -0.1) is 0 Å². The minimum atomic E-state index is -4.93. The van der Waals surface area contributed by atoms with Gasteiger partial charge in [-0.05, 0) is 0 Å². The molecule has 0 fully saturated rings. The molecular formula is C3H3N2Na2O4P. The van der Waals surface area contributed by atoms with Crippen LogP contribution in [0.4, 0.5) is 0 Å². The van der Waals surface area contributed by atoms with E-state index in [1.807, 2.05) is 0 Å². The van der Waals surface area contributed by atoms with Crippen molar-refractivity contribution in [2.45, 2.75) is 0 Å². The Bertz CT molecular complexity index is 247. The van der Waals surface area contributed by atoms with Crippen LogP contribution in [0.1, 0.15) is 0 Å². The quantitative estimate of drug-likeness (QED) is 0.355. The minimum absolute atomic E-state index is 0. The van der Waals surface area contributed by atoms with E-state index < -0.39 is 7.82 Å². The molecule has 1 heterocycles. The van der Waals surface area contributed by atoms with E-state index in [2.05, 4.69) is 9.61 Å². The van der Waals surface area contributed by atoms with Gasteiger partial charge >= 0.3 is 59.1 Å². The zero-order valence-corrected chi connectivity index (χ0v) is 11.6. The largest absolute Gasteiger partial charge is 1.00 e. The normalized spacial score (nSPS) is 9.50. The molecule has 0 radical (unpaired) electrons. The molecule has 0 unspecified atom stereocenters. The van der Waals surface area contributed by atoms with Crippen LogP contribution >= 0.6 is 7.82 Å². The summed E-state index contributed by atoms with van der Waals surface area (Å²) in [6, 6.07) is 0. The van der Waals surface area contributed by atoms with Crippen LogP contribution in [0.2, 0.25) is 0 Å². The molecule has 0 saturated carbocycles. The maximum Gasteiger partial charge on any atom is 1.00 e. The Labute approximate surface area is 113 Å². The molecule has 1 aromatic rings.